The van der Waals surface area contributed by atoms with Gasteiger partial charge in [-0.2, -0.15) is 0 Å². The molecule has 1 N–H and O–H groups in total. The summed E-state index contributed by atoms with van der Waals surface area (Å²) >= 11 is 1.56. The number of nitrogens with one attached hydrogen (secondary N) is 1. The molecule has 0 atom stereocenters. The van der Waals surface area contributed by atoms with E-state index < -0.39 is 0 Å². The molecule has 2 heterocycles. The predicted octanol–water partition coefficient (Wildman–Crippen LogP) is 5.02. The average Bonchev–Trinajstić information content (AvgIpc) is 3.26. The van der Waals surface area contributed by atoms with E-state index in [1.165, 1.54) is 0 Å². The molecule has 1 amide bonds. The first-order chi connectivity index (χ1) is 15.2. The minimum absolute atomic E-state index is 0.00431. The van der Waals surface area contributed by atoms with E-state index in [2.05, 4.69) is 28.5 Å². The third-order valence-electron chi connectivity index (χ3n) is 5.26. The van der Waals surface area contributed by atoms with Gasteiger partial charge in [0.05, 0.1) is 12.0 Å². The smallest absolute Gasteiger partial charge is 0.251 e. The molecule has 1 fully saturated rings. The first kappa shape index (κ1) is 19.6. The maximum Gasteiger partial charge on any atom is 0.251 e. The van der Waals surface area contributed by atoms with Crippen LogP contribution in [0.5, 0.6) is 0 Å². The second-order valence-corrected chi connectivity index (χ2v) is 8.54. The molecule has 0 bridgehead atoms. The van der Waals surface area contributed by atoms with Crippen molar-refractivity contribution in [2.24, 2.45) is 0 Å². The lowest BCUT2D eigenvalue weighted by Gasteiger charge is -2.13. The standard InChI is InChI=1S/C24H22N4O2S/c1-16-7-2-5-10-20(16)28-22(21-11-6-14-30-21)26-27-24(28)31-15-17-8-3-4-9-19(17)23(29)25-18-12-13-18/h2-11,14,18H,12-13,15H2,1H3,(H,25,29). The number of nitrogens with zero attached hydrogens (tertiary/aromatic N) is 3. The van der Waals surface area contributed by atoms with Crippen molar-refractivity contribution in [3.05, 3.63) is 83.6 Å². The first-order valence-electron chi connectivity index (χ1n) is 10.3. The van der Waals surface area contributed by atoms with Crippen LogP contribution in [0.3, 0.4) is 0 Å². The quantitative estimate of drug-likeness (QED) is 0.417. The van der Waals surface area contributed by atoms with E-state index in [1.807, 2.05) is 59.2 Å². The van der Waals surface area contributed by atoms with Crippen LogP contribution >= 0.6 is 11.8 Å². The van der Waals surface area contributed by atoms with E-state index in [4.69, 9.17) is 4.42 Å². The normalized spacial score (nSPS) is 13.3. The second kappa shape index (κ2) is 8.43. The number of aromatic nitrogens is 3. The van der Waals surface area contributed by atoms with Gasteiger partial charge in [0.2, 0.25) is 5.82 Å². The minimum atomic E-state index is -0.00431. The number of carbonyl (C=O) groups is 1. The van der Waals surface area contributed by atoms with Gasteiger partial charge in [-0.1, -0.05) is 48.2 Å². The molecule has 2 aromatic heterocycles. The van der Waals surface area contributed by atoms with Gasteiger partial charge in [0.15, 0.2) is 10.9 Å². The molecule has 156 valence electrons. The first-order valence-corrected chi connectivity index (χ1v) is 11.3. The Morgan fingerprint density at radius 3 is 2.68 bits per heavy atom. The summed E-state index contributed by atoms with van der Waals surface area (Å²) in [5.41, 5.74) is 3.81. The van der Waals surface area contributed by atoms with E-state index >= 15 is 0 Å². The zero-order chi connectivity index (χ0) is 21.2. The fourth-order valence-corrected chi connectivity index (χ4v) is 4.41. The van der Waals surface area contributed by atoms with Gasteiger partial charge in [-0.3, -0.25) is 9.36 Å². The molecule has 5 rings (SSSR count). The lowest BCUT2D eigenvalue weighted by Crippen LogP contribution is -2.26. The molecule has 4 aromatic rings. The number of thioether (sulfide) groups is 1. The van der Waals surface area contributed by atoms with Crippen molar-refractivity contribution in [3.8, 4) is 17.3 Å². The summed E-state index contributed by atoms with van der Waals surface area (Å²) in [6.45, 7) is 2.06. The fourth-order valence-electron chi connectivity index (χ4n) is 3.46. The molecule has 1 aliphatic carbocycles. The van der Waals surface area contributed by atoms with Gasteiger partial charge in [0, 0.05) is 17.4 Å². The number of para-hydroxylation sites is 1. The van der Waals surface area contributed by atoms with Crippen LogP contribution in [0.1, 0.15) is 34.3 Å². The van der Waals surface area contributed by atoms with Crippen molar-refractivity contribution in [1.29, 1.82) is 0 Å². The van der Waals surface area contributed by atoms with E-state index in [9.17, 15) is 4.79 Å². The Bertz CT molecular complexity index is 1210. The summed E-state index contributed by atoms with van der Waals surface area (Å²) < 4.78 is 7.63. The van der Waals surface area contributed by atoms with Crippen LogP contribution < -0.4 is 5.32 Å². The Hall–Kier alpha value is -3.32. The van der Waals surface area contributed by atoms with Gasteiger partial charge in [-0.05, 0) is 55.2 Å². The predicted molar refractivity (Wildman–Crippen MR) is 120 cm³/mol. The number of furan rings is 1. The van der Waals surface area contributed by atoms with Crippen molar-refractivity contribution in [3.63, 3.8) is 0 Å². The second-order valence-electron chi connectivity index (χ2n) is 7.60. The Morgan fingerprint density at radius 2 is 1.90 bits per heavy atom. The van der Waals surface area contributed by atoms with Crippen LogP contribution in [0.15, 0.2) is 76.5 Å². The Kier molecular flexibility index (Phi) is 5.34. The fraction of sp³-hybridized carbons (Fsp3) is 0.208. The highest BCUT2D eigenvalue weighted by atomic mass is 32.2. The number of amides is 1. The summed E-state index contributed by atoms with van der Waals surface area (Å²) in [7, 11) is 0. The number of rotatable bonds is 7. The molecular formula is C24H22N4O2S. The molecule has 1 saturated carbocycles. The van der Waals surface area contributed by atoms with Gasteiger partial charge in [0.25, 0.3) is 5.91 Å². The number of benzene rings is 2. The third kappa shape index (κ3) is 4.14. The van der Waals surface area contributed by atoms with Crippen LogP contribution in [0, 0.1) is 6.92 Å². The van der Waals surface area contributed by atoms with Gasteiger partial charge in [-0.25, -0.2) is 0 Å². The highest BCUT2D eigenvalue weighted by Gasteiger charge is 2.25. The highest BCUT2D eigenvalue weighted by molar-refractivity contribution is 7.98. The van der Waals surface area contributed by atoms with Crippen LogP contribution in [0.4, 0.5) is 0 Å². The molecule has 6 nitrogen and oxygen atoms in total. The Morgan fingerprint density at radius 1 is 1.10 bits per heavy atom. The van der Waals surface area contributed by atoms with Crippen LogP contribution in [0.2, 0.25) is 0 Å². The molecule has 2 aromatic carbocycles. The molecule has 0 unspecified atom stereocenters. The van der Waals surface area contributed by atoms with Gasteiger partial charge in [0.1, 0.15) is 0 Å². The van der Waals surface area contributed by atoms with Crippen LogP contribution in [0.25, 0.3) is 17.3 Å². The minimum Gasteiger partial charge on any atom is -0.461 e. The highest BCUT2D eigenvalue weighted by Crippen LogP contribution is 2.32. The van der Waals surface area contributed by atoms with E-state index in [0.29, 0.717) is 23.4 Å². The summed E-state index contributed by atoms with van der Waals surface area (Å²) in [6, 6.07) is 19.9. The zero-order valence-corrected chi connectivity index (χ0v) is 17.9. The molecular weight excluding hydrogens is 408 g/mol. The van der Waals surface area contributed by atoms with Crippen molar-refractivity contribution in [1.82, 2.24) is 20.1 Å². The van der Waals surface area contributed by atoms with Crippen molar-refractivity contribution in [2.75, 3.05) is 0 Å². The van der Waals surface area contributed by atoms with E-state index in [0.717, 1.165) is 40.4 Å². The van der Waals surface area contributed by atoms with E-state index in [-0.39, 0.29) is 5.91 Å². The zero-order valence-electron chi connectivity index (χ0n) is 17.1. The average molecular weight is 431 g/mol. The Balaban J connectivity index is 1.47. The Labute approximate surface area is 184 Å². The van der Waals surface area contributed by atoms with Crippen LogP contribution in [-0.4, -0.2) is 26.7 Å². The summed E-state index contributed by atoms with van der Waals surface area (Å²) in [6.07, 6.45) is 3.77. The van der Waals surface area contributed by atoms with E-state index in [1.54, 1.807) is 18.0 Å². The maximum absolute atomic E-state index is 12.7. The third-order valence-corrected chi connectivity index (χ3v) is 6.24. The lowest BCUT2D eigenvalue weighted by molar-refractivity contribution is 0.0950. The molecule has 0 saturated heterocycles. The SMILES string of the molecule is Cc1ccccc1-n1c(SCc2ccccc2C(=O)NC2CC2)nnc1-c1ccco1. The molecule has 0 aliphatic heterocycles. The molecule has 7 heteroatoms. The monoisotopic (exact) mass is 430 g/mol. The summed E-state index contributed by atoms with van der Waals surface area (Å²) in [5, 5.41) is 12.7. The van der Waals surface area contributed by atoms with Crippen molar-refractivity contribution < 1.29 is 9.21 Å². The van der Waals surface area contributed by atoms with Gasteiger partial charge in [-0.15, -0.1) is 10.2 Å². The molecule has 1 aliphatic rings. The number of carbonyl (C=O) groups excluding carboxylic acids is 1. The van der Waals surface area contributed by atoms with Crippen molar-refractivity contribution in [2.45, 2.75) is 36.7 Å². The topological polar surface area (TPSA) is 73.0 Å². The summed E-state index contributed by atoms with van der Waals surface area (Å²) in [5.74, 6) is 1.92. The molecule has 0 spiro atoms. The lowest BCUT2D eigenvalue weighted by atomic mass is 10.1. The summed E-state index contributed by atoms with van der Waals surface area (Å²) in [4.78, 5) is 12.7. The number of hydrogen-bond donors (Lipinski definition) is 1. The number of hydrogen-bond acceptors (Lipinski definition) is 5. The number of aryl methyl sites for hydroxylation is 1. The van der Waals surface area contributed by atoms with Gasteiger partial charge >= 0.3 is 0 Å². The van der Waals surface area contributed by atoms with Crippen molar-refractivity contribution >= 4 is 17.7 Å². The molecule has 0 radical (unpaired) electrons. The maximum atomic E-state index is 12.7. The largest absolute Gasteiger partial charge is 0.461 e. The van der Waals surface area contributed by atoms with Gasteiger partial charge < -0.3 is 9.73 Å². The van der Waals surface area contributed by atoms with Crippen LogP contribution in [-0.2, 0) is 5.75 Å². The molecule has 31 heavy (non-hydrogen) atoms.